The Bertz CT molecular complexity index is 3950. The van der Waals surface area contributed by atoms with Crippen LogP contribution in [0.3, 0.4) is 0 Å². The fourth-order valence-corrected chi connectivity index (χ4v) is 7.92. The molecule has 0 atom stereocenters. The minimum absolute atomic E-state index is 0.0382. The summed E-state index contributed by atoms with van der Waals surface area (Å²) >= 11 is 0. The summed E-state index contributed by atoms with van der Waals surface area (Å²) < 4.78 is 166. The van der Waals surface area contributed by atoms with Gasteiger partial charge < -0.3 is 5.11 Å². The summed E-state index contributed by atoms with van der Waals surface area (Å²) in [6.07, 6.45) is -0.775. The second kappa shape index (κ2) is 16.0. The standard InChI is InChI=1S/C59H55N3O/c1-37-18-27-53(50(31-37)42-21-25-48(26-22-42)59(7,8)9)62-54-17-13-16-49(55(54)61-57(62)51-32-38(2)30-39(3)56(51)63)45-33-44(40-14-11-10-12-15-40)34-46(35-45)52-36-43(28-29-60-52)41-19-23-47(24-20-41)58(4,5)6/h10-36,63H,1-9H3/i1D3,4D3,5D3,6D3,19D,20D,23D,24D,28D,29D,36D. The lowest BCUT2D eigenvalue weighted by Gasteiger charge is -2.20. The molecule has 0 fully saturated rings. The summed E-state index contributed by atoms with van der Waals surface area (Å²) in [6.45, 7) is -4.36. The summed E-state index contributed by atoms with van der Waals surface area (Å²) in [5.41, 5.74) is 0.860. The van der Waals surface area contributed by atoms with E-state index < -0.39 is 91.9 Å². The molecule has 0 aliphatic carbocycles. The third-order valence-electron chi connectivity index (χ3n) is 11.1. The average Bonchev–Trinajstić information content (AvgIpc) is 3.79. The Morgan fingerprint density at radius 3 is 2.03 bits per heavy atom. The zero-order valence-corrected chi connectivity index (χ0v) is 35.3. The Morgan fingerprint density at radius 1 is 0.571 bits per heavy atom. The van der Waals surface area contributed by atoms with Gasteiger partial charge in [0.05, 0.1) is 37.6 Å². The third kappa shape index (κ3) is 8.10. The quantitative estimate of drug-likeness (QED) is 0.174. The fraction of sp³-hybridized carbons (Fsp3) is 0.186. The molecule has 63 heavy (non-hydrogen) atoms. The molecule has 1 N–H and O–H groups in total. The van der Waals surface area contributed by atoms with Gasteiger partial charge >= 0.3 is 0 Å². The Labute approximate surface area is 399 Å². The van der Waals surface area contributed by atoms with E-state index in [-0.39, 0.29) is 28.0 Å². The Morgan fingerprint density at radius 2 is 1.30 bits per heavy atom. The summed E-state index contributed by atoms with van der Waals surface area (Å²) in [4.78, 5) is 9.73. The number of hydrogen-bond acceptors (Lipinski definition) is 3. The van der Waals surface area contributed by atoms with Crippen LogP contribution in [0.5, 0.6) is 5.75 Å². The van der Waals surface area contributed by atoms with Gasteiger partial charge in [0.2, 0.25) is 0 Å². The molecule has 0 unspecified atom stereocenters. The Hall–Kier alpha value is -7.04. The molecule has 0 amide bonds. The summed E-state index contributed by atoms with van der Waals surface area (Å²) in [7, 11) is 0. The normalized spacial score (nSPS) is 17.1. The number of rotatable bonds is 7. The van der Waals surface area contributed by atoms with Gasteiger partial charge in [0.1, 0.15) is 11.6 Å². The van der Waals surface area contributed by atoms with Gasteiger partial charge in [-0.2, -0.15) is 0 Å². The molecule has 0 aliphatic heterocycles. The first-order valence-electron chi connectivity index (χ1n) is 29.9. The average molecular weight is 841 g/mol. The van der Waals surface area contributed by atoms with Crippen LogP contribution in [0.25, 0.3) is 83.9 Å². The number of hydrogen-bond donors (Lipinski definition) is 1. The van der Waals surface area contributed by atoms with Crippen molar-refractivity contribution in [3.8, 4) is 78.6 Å². The zero-order chi connectivity index (χ0) is 60.3. The number of imidazole rings is 1. The monoisotopic (exact) mass is 841 g/mol. The van der Waals surface area contributed by atoms with E-state index in [1.807, 2.05) is 96.4 Å². The Kier molecular flexibility index (Phi) is 6.24. The van der Waals surface area contributed by atoms with Gasteiger partial charge in [-0.25, -0.2) is 4.98 Å². The maximum atomic E-state index is 11.9. The molecule has 0 saturated heterocycles. The highest BCUT2D eigenvalue weighted by molar-refractivity contribution is 5.98. The lowest BCUT2D eigenvalue weighted by molar-refractivity contribution is 0.472. The predicted octanol–water partition coefficient (Wildman–Crippen LogP) is 15.6. The number of aromatic nitrogens is 3. The SMILES string of the molecule is [2H]c1nc(-c2cc(-c3ccccc3)cc(-c3cccc4c3nc(-c3cc(C)cc(C)c3O)n4-c3ccc(C([2H])([2H])[2H])cc3-c3ccc(C(C)(C)C)cc3)c2)c([2H])c(-c2c([2H])c([2H])c(C(C([2H])([2H])[2H])(C([2H])([2H])[2H])C([2H])([2H])[2H])c([2H])c2[2H])c1[2H]. The van der Waals surface area contributed by atoms with Crippen molar-refractivity contribution in [2.75, 3.05) is 0 Å². The summed E-state index contributed by atoms with van der Waals surface area (Å²) in [6, 6.07) is 29.8. The summed E-state index contributed by atoms with van der Waals surface area (Å²) in [5.74, 6) is 0.272. The van der Waals surface area contributed by atoms with Gasteiger partial charge in [-0.15, -0.1) is 0 Å². The van der Waals surface area contributed by atoms with Crippen molar-refractivity contribution < 1.29 is 31.2 Å². The van der Waals surface area contributed by atoms with Gasteiger partial charge in [0.25, 0.3) is 0 Å². The minimum atomic E-state index is -3.95. The van der Waals surface area contributed by atoms with Crippen LogP contribution in [0, 0.1) is 20.7 Å². The highest BCUT2D eigenvalue weighted by Gasteiger charge is 2.24. The van der Waals surface area contributed by atoms with Crippen LogP contribution in [-0.4, -0.2) is 19.6 Å². The number of aromatic hydroxyl groups is 1. The molecule has 9 rings (SSSR count). The number of phenolic OH excluding ortho intramolecular Hbond substituents is 1. The van der Waals surface area contributed by atoms with E-state index in [9.17, 15) is 9.22 Å². The van der Waals surface area contributed by atoms with Crippen molar-refractivity contribution >= 4 is 11.0 Å². The first-order valence-corrected chi connectivity index (χ1v) is 20.4. The minimum Gasteiger partial charge on any atom is -0.507 e. The van der Waals surface area contributed by atoms with E-state index in [1.54, 1.807) is 43.3 Å². The lowest BCUT2D eigenvalue weighted by Crippen LogP contribution is -2.10. The fourth-order valence-electron chi connectivity index (χ4n) is 7.92. The van der Waals surface area contributed by atoms with Crippen LogP contribution < -0.4 is 0 Å². The Balaban J connectivity index is 1.34. The molecule has 2 aromatic heterocycles. The van der Waals surface area contributed by atoms with E-state index in [4.69, 9.17) is 26.9 Å². The van der Waals surface area contributed by atoms with Crippen LogP contribution in [0.4, 0.5) is 0 Å². The number of aryl methyl sites for hydroxylation is 3. The van der Waals surface area contributed by atoms with Crippen LogP contribution in [0.2, 0.25) is 0 Å². The number of nitrogens with zero attached hydrogens (tertiary/aromatic N) is 3. The van der Waals surface area contributed by atoms with Crippen LogP contribution in [0.15, 0.2) is 164 Å². The molecule has 0 radical (unpaired) electrons. The second-order valence-corrected chi connectivity index (χ2v) is 16.8. The van der Waals surface area contributed by atoms with Crippen molar-refractivity contribution in [1.82, 2.24) is 14.5 Å². The van der Waals surface area contributed by atoms with Crippen LogP contribution in [0.1, 0.15) is 95.2 Å². The summed E-state index contributed by atoms with van der Waals surface area (Å²) in [5, 5.41) is 11.9. The molecule has 4 heteroatoms. The second-order valence-electron chi connectivity index (χ2n) is 16.8. The van der Waals surface area contributed by atoms with Gasteiger partial charge in [-0.3, -0.25) is 9.55 Å². The molecular formula is C59H55N3O. The largest absolute Gasteiger partial charge is 0.507 e. The molecule has 2 heterocycles. The number of pyridine rings is 1. The first kappa shape index (κ1) is 24.6. The number of phenols is 1. The lowest BCUT2D eigenvalue weighted by atomic mass is 9.86. The van der Waals surface area contributed by atoms with Gasteiger partial charge in [0.15, 0.2) is 0 Å². The van der Waals surface area contributed by atoms with Crippen molar-refractivity contribution in [2.24, 2.45) is 0 Å². The molecule has 9 aromatic rings. The molecular weight excluding hydrogens is 767 g/mol. The van der Waals surface area contributed by atoms with Crippen molar-refractivity contribution in [3.63, 3.8) is 0 Å². The first-order chi connectivity index (χ1) is 38.0. The van der Waals surface area contributed by atoms with Crippen molar-refractivity contribution in [3.05, 3.63) is 192 Å². The van der Waals surface area contributed by atoms with Crippen LogP contribution >= 0.6 is 0 Å². The molecule has 0 aliphatic rings. The topological polar surface area (TPSA) is 50.9 Å². The van der Waals surface area contributed by atoms with Crippen molar-refractivity contribution in [1.29, 1.82) is 0 Å². The van der Waals surface area contributed by atoms with Gasteiger partial charge in [-0.1, -0.05) is 150 Å². The predicted molar refractivity (Wildman–Crippen MR) is 265 cm³/mol. The van der Waals surface area contributed by atoms with E-state index in [1.165, 1.54) is 0 Å². The highest BCUT2D eigenvalue weighted by Crippen LogP contribution is 2.43. The zero-order valence-electron chi connectivity index (χ0n) is 54.3. The van der Waals surface area contributed by atoms with Gasteiger partial charge in [0, 0.05) is 39.3 Å². The molecule has 312 valence electrons. The van der Waals surface area contributed by atoms with E-state index in [2.05, 4.69) is 25.8 Å². The van der Waals surface area contributed by atoms with Gasteiger partial charge in [-0.05, 0) is 142 Å². The highest BCUT2D eigenvalue weighted by atomic mass is 16.3. The number of benzene rings is 7. The van der Waals surface area contributed by atoms with Crippen molar-refractivity contribution in [2.45, 2.75) is 72.9 Å². The number of para-hydroxylation sites is 1. The molecule has 0 bridgehead atoms. The molecule has 0 saturated carbocycles. The molecule has 4 nitrogen and oxygen atoms in total. The molecule has 0 spiro atoms. The maximum absolute atomic E-state index is 11.9. The molecule has 7 aromatic carbocycles. The maximum Gasteiger partial charge on any atom is 0.149 e. The van der Waals surface area contributed by atoms with E-state index >= 15 is 0 Å². The third-order valence-corrected chi connectivity index (χ3v) is 11.1. The number of fused-ring (bicyclic) bond motifs is 1. The van der Waals surface area contributed by atoms with E-state index in [0.717, 1.165) is 11.1 Å². The van der Waals surface area contributed by atoms with Crippen LogP contribution in [-0.2, 0) is 10.8 Å². The van der Waals surface area contributed by atoms with E-state index in [0.29, 0.717) is 67.1 Å². The smallest absolute Gasteiger partial charge is 0.149 e.